The molecule has 0 spiro atoms. The second kappa shape index (κ2) is 7.51. The summed E-state index contributed by atoms with van der Waals surface area (Å²) in [5, 5.41) is 17.9. The molecule has 2 N–H and O–H groups in total. The molecule has 124 valence electrons. The monoisotopic (exact) mass is 312 g/mol. The highest BCUT2D eigenvalue weighted by Gasteiger charge is 2.39. The van der Waals surface area contributed by atoms with Crippen LogP contribution >= 0.6 is 0 Å². The minimum absolute atomic E-state index is 0.0402. The molecule has 22 heavy (non-hydrogen) atoms. The number of aliphatic carboxylic acids is 2. The maximum absolute atomic E-state index is 12.1. The Kier molecular flexibility index (Phi) is 6.26. The van der Waals surface area contributed by atoms with Gasteiger partial charge in [-0.15, -0.1) is 0 Å². The van der Waals surface area contributed by atoms with Crippen molar-refractivity contribution in [2.45, 2.75) is 58.8 Å². The highest BCUT2D eigenvalue weighted by atomic mass is 16.4. The fourth-order valence-electron chi connectivity index (χ4n) is 3.04. The molecule has 0 bridgehead atoms. The van der Waals surface area contributed by atoms with E-state index in [4.69, 9.17) is 10.2 Å². The molecule has 0 amide bonds. The number of rotatable bonds is 8. The second-order valence-corrected chi connectivity index (χ2v) is 6.47. The number of carbonyl (C=O) groups excluding carboxylic acids is 2. The Morgan fingerprint density at radius 2 is 1.18 bits per heavy atom. The Bertz CT molecular complexity index is 425. The molecule has 0 saturated heterocycles. The minimum atomic E-state index is -1.17. The number of ketones is 2. The average Bonchev–Trinajstić information content (AvgIpc) is 2.45. The predicted molar refractivity (Wildman–Crippen MR) is 78.4 cm³/mol. The highest BCUT2D eigenvalue weighted by molar-refractivity contribution is 6.00. The van der Waals surface area contributed by atoms with Crippen molar-refractivity contribution in [2.75, 3.05) is 0 Å². The van der Waals surface area contributed by atoms with Crippen LogP contribution in [0.4, 0.5) is 0 Å². The van der Waals surface area contributed by atoms with Crippen molar-refractivity contribution < 1.29 is 29.4 Å². The van der Waals surface area contributed by atoms with E-state index in [1.807, 2.05) is 0 Å². The molecule has 1 saturated carbocycles. The molecule has 0 radical (unpaired) electrons. The SMILES string of the molecule is CC(C(=O)O)C(=O)CC1(CC(=O)C(C)C(=O)O)CCCCC1. The van der Waals surface area contributed by atoms with Gasteiger partial charge in [-0.3, -0.25) is 19.2 Å². The maximum atomic E-state index is 12.1. The summed E-state index contributed by atoms with van der Waals surface area (Å²) >= 11 is 0. The van der Waals surface area contributed by atoms with Gasteiger partial charge in [-0.2, -0.15) is 0 Å². The lowest BCUT2D eigenvalue weighted by Crippen LogP contribution is -2.35. The largest absolute Gasteiger partial charge is 0.481 e. The van der Waals surface area contributed by atoms with E-state index < -0.39 is 29.2 Å². The topological polar surface area (TPSA) is 109 Å². The number of carboxylic acid groups (broad SMARTS) is 2. The van der Waals surface area contributed by atoms with Crippen LogP contribution in [0.5, 0.6) is 0 Å². The summed E-state index contributed by atoms with van der Waals surface area (Å²) in [6.07, 6.45) is 4.20. The molecule has 6 heteroatoms. The van der Waals surface area contributed by atoms with Crippen molar-refractivity contribution in [3.8, 4) is 0 Å². The van der Waals surface area contributed by atoms with Gasteiger partial charge >= 0.3 is 11.9 Å². The number of Topliss-reactive ketones (excluding diaryl/α,β-unsaturated/α-hetero) is 2. The van der Waals surface area contributed by atoms with E-state index in [0.717, 1.165) is 19.3 Å². The summed E-state index contributed by atoms with van der Waals surface area (Å²) in [6, 6.07) is 0. The van der Waals surface area contributed by atoms with Crippen molar-refractivity contribution >= 4 is 23.5 Å². The summed E-state index contributed by atoms with van der Waals surface area (Å²) in [5.74, 6) is -5.28. The lowest BCUT2D eigenvalue weighted by molar-refractivity contribution is -0.146. The minimum Gasteiger partial charge on any atom is -0.481 e. The zero-order valence-electron chi connectivity index (χ0n) is 13.1. The summed E-state index contributed by atoms with van der Waals surface area (Å²) in [6.45, 7) is 2.70. The van der Waals surface area contributed by atoms with Crippen molar-refractivity contribution in [2.24, 2.45) is 17.3 Å². The van der Waals surface area contributed by atoms with Gasteiger partial charge in [-0.1, -0.05) is 19.3 Å². The normalized spacial score (nSPS) is 19.9. The van der Waals surface area contributed by atoms with Crippen LogP contribution in [0, 0.1) is 17.3 Å². The molecule has 0 aromatic heterocycles. The molecular formula is C16H24O6. The molecule has 2 unspecified atom stereocenters. The molecule has 6 nitrogen and oxygen atoms in total. The molecule has 0 aliphatic heterocycles. The van der Waals surface area contributed by atoms with E-state index in [-0.39, 0.29) is 24.4 Å². The van der Waals surface area contributed by atoms with E-state index in [1.54, 1.807) is 0 Å². The van der Waals surface area contributed by atoms with Crippen LogP contribution in [0.3, 0.4) is 0 Å². The number of hydrogen-bond acceptors (Lipinski definition) is 4. The van der Waals surface area contributed by atoms with Gasteiger partial charge < -0.3 is 10.2 Å². The zero-order valence-corrected chi connectivity index (χ0v) is 13.1. The highest BCUT2D eigenvalue weighted by Crippen LogP contribution is 2.43. The number of carbonyl (C=O) groups is 4. The lowest BCUT2D eigenvalue weighted by atomic mass is 9.66. The maximum Gasteiger partial charge on any atom is 0.313 e. The fourth-order valence-corrected chi connectivity index (χ4v) is 3.04. The quantitative estimate of drug-likeness (QED) is 0.666. The van der Waals surface area contributed by atoms with E-state index >= 15 is 0 Å². The Morgan fingerprint density at radius 1 is 0.818 bits per heavy atom. The van der Waals surface area contributed by atoms with Crippen molar-refractivity contribution in [3.63, 3.8) is 0 Å². The van der Waals surface area contributed by atoms with Crippen LogP contribution < -0.4 is 0 Å². The Morgan fingerprint density at radius 3 is 1.50 bits per heavy atom. The van der Waals surface area contributed by atoms with Gasteiger partial charge in [0.05, 0.1) is 0 Å². The third-order valence-corrected chi connectivity index (χ3v) is 4.72. The van der Waals surface area contributed by atoms with E-state index in [1.165, 1.54) is 13.8 Å². The zero-order chi connectivity index (χ0) is 16.9. The Hall–Kier alpha value is -1.72. The second-order valence-electron chi connectivity index (χ2n) is 6.47. The third kappa shape index (κ3) is 4.64. The van der Waals surface area contributed by atoms with E-state index in [2.05, 4.69) is 0 Å². The molecule has 1 aliphatic carbocycles. The summed E-state index contributed by atoms with van der Waals surface area (Å²) < 4.78 is 0. The van der Waals surface area contributed by atoms with Crippen LogP contribution in [0.2, 0.25) is 0 Å². The van der Waals surface area contributed by atoms with Crippen LogP contribution in [0.15, 0.2) is 0 Å². The molecule has 2 atom stereocenters. The predicted octanol–water partition coefficient (Wildman–Crippen LogP) is 2.30. The first-order valence-corrected chi connectivity index (χ1v) is 7.69. The molecular weight excluding hydrogens is 288 g/mol. The molecule has 1 aliphatic rings. The standard InChI is InChI=1S/C16H24O6/c1-10(14(19)20)12(17)8-16(6-4-3-5-7-16)9-13(18)11(2)15(21)22/h10-11H,3-9H2,1-2H3,(H,19,20)(H,21,22). The van der Waals surface area contributed by atoms with Crippen LogP contribution in [-0.2, 0) is 19.2 Å². The van der Waals surface area contributed by atoms with E-state index in [9.17, 15) is 19.2 Å². The Labute approximate surface area is 129 Å². The van der Waals surface area contributed by atoms with Gasteiger partial charge in [0.2, 0.25) is 0 Å². The Balaban J connectivity index is 2.86. The first-order valence-electron chi connectivity index (χ1n) is 7.69. The average molecular weight is 312 g/mol. The van der Waals surface area contributed by atoms with Crippen molar-refractivity contribution in [1.82, 2.24) is 0 Å². The summed E-state index contributed by atoms with van der Waals surface area (Å²) in [5.41, 5.74) is -0.570. The van der Waals surface area contributed by atoms with Gasteiger partial charge in [-0.05, 0) is 32.1 Å². The smallest absolute Gasteiger partial charge is 0.313 e. The molecule has 1 fully saturated rings. The van der Waals surface area contributed by atoms with Crippen molar-refractivity contribution in [1.29, 1.82) is 0 Å². The summed E-state index contributed by atoms with van der Waals surface area (Å²) in [7, 11) is 0. The fraction of sp³-hybridized carbons (Fsp3) is 0.750. The van der Waals surface area contributed by atoms with Crippen LogP contribution in [-0.4, -0.2) is 33.7 Å². The molecule has 0 heterocycles. The van der Waals surface area contributed by atoms with E-state index in [0.29, 0.717) is 12.8 Å². The molecule has 1 rings (SSSR count). The lowest BCUT2D eigenvalue weighted by Gasteiger charge is -2.37. The van der Waals surface area contributed by atoms with Crippen LogP contribution in [0.1, 0.15) is 58.8 Å². The van der Waals surface area contributed by atoms with Gasteiger partial charge in [-0.25, -0.2) is 0 Å². The molecule has 0 aromatic carbocycles. The number of carboxylic acids is 2. The first kappa shape index (κ1) is 18.3. The van der Waals surface area contributed by atoms with Gasteiger partial charge in [0.25, 0.3) is 0 Å². The van der Waals surface area contributed by atoms with Crippen molar-refractivity contribution in [3.05, 3.63) is 0 Å². The third-order valence-electron chi connectivity index (χ3n) is 4.72. The molecule has 0 aromatic rings. The van der Waals surface area contributed by atoms with Crippen LogP contribution in [0.25, 0.3) is 0 Å². The van der Waals surface area contributed by atoms with Gasteiger partial charge in [0.15, 0.2) is 0 Å². The van der Waals surface area contributed by atoms with Gasteiger partial charge in [0, 0.05) is 12.8 Å². The van der Waals surface area contributed by atoms with Gasteiger partial charge in [0.1, 0.15) is 23.4 Å². The first-order chi connectivity index (χ1) is 10.2. The number of hydrogen-bond donors (Lipinski definition) is 2. The summed E-state index contributed by atoms with van der Waals surface area (Å²) in [4.78, 5) is 46.2.